The van der Waals surface area contributed by atoms with Gasteiger partial charge in [-0.3, -0.25) is 24.6 Å². The predicted molar refractivity (Wildman–Crippen MR) is 247 cm³/mol. The minimum Gasteiger partial charge on any atom is -0.386 e. The van der Waals surface area contributed by atoms with Gasteiger partial charge in [0.25, 0.3) is 11.8 Å². The Kier molecular flexibility index (Phi) is 12.0. The maximum atomic E-state index is 16.1. The lowest BCUT2D eigenvalue weighted by Crippen LogP contribution is -2.50. The standard InChI is InChI=1S/C51H51F3N8O5/c1-29-35(43-38(50(2,3)67)10-9-34(44(43)54)46(55)64)25-33(52)26-36(29)45-37-27-40(58-47(37)57-28-56-45)31-6-4-30(5-7-31)12-18-60-20-14-51(15-21-60)16-22-61(23-17-51)48(65)32-8-11-39(53)41(24-32)62-19-13-42(63)59-49(62)66/h4-11,24-28,67H,12-23H2,1-3H3,(H2,55,64)(H,56,57,58)(H,59,63,66). The smallest absolute Gasteiger partial charge is 0.328 e. The fraction of sp³-hybridized carbons (Fsp3) is 0.333. The first-order chi connectivity index (χ1) is 32.0. The average Bonchev–Trinajstić information content (AvgIpc) is 3.75. The fourth-order valence-corrected chi connectivity index (χ4v) is 9.94. The molecule has 6 aromatic rings. The number of hydrogen-bond acceptors (Lipinski definition) is 8. The molecule has 4 aromatic carbocycles. The van der Waals surface area contributed by atoms with Crippen LogP contribution in [-0.2, 0) is 16.8 Å². The number of benzene rings is 4. The van der Waals surface area contributed by atoms with E-state index in [1.54, 1.807) is 6.92 Å². The van der Waals surface area contributed by atoms with Crippen LogP contribution in [0.25, 0.3) is 44.7 Å². The molecule has 0 radical (unpaired) electrons. The molecule has 0 atom stereocenters. The second kappa shape index (κ2) is 17.7. The van der Waals surface area contributed by atoms with Gasteiger partial charge in [0.2, 0.25) is 5.91 Å². The quantitative estimate of drug-likeness (QED) is 0.107. The summed E-state index contributed by atoms with van der Waals surface area (Å²) in [6, 6.07) is 18.7. The molecule has 9 rings (SSSR count). The number of halogens is 3. The molecule has 2 aromatic heterocycles. The van der Waals surface area contributed by atoms with E-state index in [0.29, 0.717) is 46.5 Å². The van der Waals surface area contributed by atoms with Crippen molar-refractivity contribution in [2.75, 3.05) is 44.2 Å². The predicted octanol–water partition coefficient (Wildman–Crippen LogP) is 8.02. The van der Waals surface area contributed by atoms with E-state index in [1.807, 2.05) is 23.1 Å². The number of carbonyl (C=O) groups is 4. The molecule has 5 amide bonds. The van der Waals surface area contributed by atoms with Gasteiger partial charge in [-0.1, -0.05) is 30.3 Å². The van der Waals surface area contributed by atoms with Gasteiger partial charge in [-0.15, -0.1) is 0 Å². The molecule has 3 aliphatic heterocycles. The Morgan fingerprint density at radius 2 is 1.57 bits per heavy atom. The number of primary amides is 1. The summed E-state index contributed by atoms with van der Waals surface area (Å²) in [5, 5.41) is 13.8. The van der Waals surface area contributed by atoms with E-state index in [4.69, 9.17) is 5.73 Å². The molecule has 3 aliphatic rings. The van der Waals surface area contributed by atoms with Crippen molar-refractivity contribution in [1.82, 2.24) is 30.1 Å². The van der Waals surface area contributed by atoms with E-state index in [0.717, 1.165) is 67.9 Å². The largest absolute Gasteiger partial charge is 0.386 e. The third-order valence-corrected chi connectivity index (χ3v) is 13.9. The molecule has 3 fully saturated rings. The Hall–Kier alpha value is -6.91. The number of urea groups is 1. The van der Waals surface area contributed by atoms with Crippen molar-refractivity contribution in [3.8, 4) is 33.6 Å². The second-order valence-electron chi connectivity index (χ2n) is 18.6. The number of imide groups is 1. The highest BCUT2D eigenvalue weighted by Gasteiger charge is 2.39. The van der Waals surface area contributed by atoms with Gasteiger partial charge in [0.05, 0.1) is 22.5 Å². The molecule has 0 unspecified atom stereocenters. The second-order valence-corrected chi connectivity index (χ2v) is 18.6. The van der Waals surface area contributed by atoms with Crippen molar-refractivity contribution in [3.05, 3.63) is 124 Å². The van der Waals surface area contributed by atoms with Crippen molar-refractivity contribution in [3.63, 3.8) is 0 Å². The molecule has 67 heavy (non-hydrogen) atoms. The SMILES string of the molecule is Cc1c(-c2c(C(C)(C)O)ccc(C(N)=O)c2F)cc(F)cc1-c1ncnc2[nH]c(-c3ccc(CCN4CCC5(CC4)CCN(C(=O)c4ccc(F)c(N6CCC(=O)NC6=O)c4)CC5)cc3)cc12. The number of piperidine rings is 2. The number of hydrogen-bond donors (Lipinski definition) is 4. The summed E-state index contributed by atoms with van der Waals surface area (Å²) in [5.74, 6) is -3.84. The first-order valence-corrected chi connectivity index (χ1v) is 22.5. The Labute approximate surface area is 385 Å². The molecule has 0 bridgehead atoms. The molecule has 13 nitrogen and oxygen atoms in total. The lowest BCUT2D eigenvalue weighted by molar-refractivity contribution is -0.120. The lowest BCUT2D eigenvalue weighted by Gasteiger charge is -2.47. The van der Waals surface area contributed by atoms with Gasteiger partial charge in [0.15, 0.2) is 0 Å². The van der Waals surface area contributed by atoms with Crippen molar-refractivity contribution in [1.29, 1.82) is 0 Å². The monoisotopic (exact) mass is 912 g/mol. The van der Waals surface area contributed by atoms with E-state index >= 15 is 8.78 Å². The Morgan fingerprint density at radius 1 is 0.866 bits per heavy atom. The van der Waals surface area contributed by atoms with Crippen molar-refractivity contribution >= 4 is 40.5 Å². The van der Waals surface area contributed by atoms with Crippen LogP contribution in [0.1, 0.15) is 83.4 Å². The summed E-state index contributed by atoms with van der Waals surface area (Å²) < 4.78 is 46.4. The normalized spacial score (nSPS) is 16.8. The topological polar surface area (TPSA) is 178 Å². The lowest BCUT2D eigenvalue weighted by atomic mass is 9.71. The van der Waals surface area contributed by atoms with Crippen LogP contribution in [0.5, 0.6) is 0 Å². The molecule has 346 valence electrons. The molecule has 0 aliphatic carbocycles. The van der Waals surface area contributed by atoms with E-state index in [2.05, 4.69) is 37.3 Å². The third kappa shape index (κ3) is 8.90. The van der Waals surface area contributed by atoms with Gasteiger partial charge < -0.3 is 25.6 Å². The zero-order valence-corrected chi connectivity index (χ0v) is 37.5. The number of amides is 5. The van der Waals surface area contributed by atoms with Crippen LogP contribution in [0.2, 0.25) is 0 Å². The molecular weight excluding hydrogens is 862 g/mol. The number of carbonyl (C=O) groups excluding carboxylic acids is 4. The zero-order valence-electron chi connectivity index (χ0n) is 37.5. The van der Waals surface area contributed by atoms with E-state index in [-0.39, 0.29) is 52.2 Å². The number of rotatable bonds is 10. The highest BCUT2D eigenvalue weighted by Crippen LogP contribution is 2.43. The van der Waals surface area contributed by atoms with E-state index in [9.17, 15) is 28.7 Å². The average molecular weight is 913 g/mol. The highest BCUT2D eigenvalue weighted by atomic mass is 19.1. The number of aromatic nitrogens is 3. The van der Waals surface area contributed by atoms with Gasteiger partial charge in [-0.05, 0) is 142 Å². The summed E-state index contributed by atoms with van der Waals surface area (Å²) in [7, 11) is 0. The van der Waals surface area contributed by atoms with Crippen LogP contribution < -0.4 is 16.0 Å². The minimum atomic E-state index is -1.54. The van der Waals surface area contributed by atoms with Gasteiger partial charge in [0, 0.05) is 60.4 Å². The molecule has 16 heteroatoms. The zero-order chi connectivity index (χ0) is 47.4. The Bertz CT molecular complexity index is 2950. The number of H-pyrrole nitrogens is 1. The Morgan fingerprint density at radius 3 is 2.25 bits per heavy atom. The van der Waals surface area contributed by atoms with Crippen LogP contribution in [0.4, 0.5) is 23.7 Å². The van der Waals surface area contributed by atoms with Crippen molar-refractivity contribution in [2.45, 2.75) is 64.9 Å². The molecule has 1 spiro atoms. The first-order valence-electron chi connectivity index (χ1n) is 22.5. The minimum absolute atomic E-state index is 0.0151. The van der Waals surface area contributed by atoms with E-state index in [1.165, 1.54) is 68.2 Å². The van der Waals surface area contributed by atoms with E-state index < -0.39 is 40.9 Å². The molecular formula is C51H51F3N8O5. The summed E-state index contributed by atoms with van der Waals surface area (Å²) in [6.45, 7) is 8.78. The maximum Gasteiger partial charge on any atom is 0.328 e. The fourth-order valence-electron chi connectivity index (χ4n) is 9.94. The van der Waals surface area contributed by atoms with Gasteiger partial charge in [0.1, 0.15) is 29.4 Å². The number of aromatic amines is 1. The molecule has 0 saturated carbocycles. The summed E-state index contributed by atoms with van der Waals surface area (Å²) in [6.07, 6.45) is 6.16. The number of nitrogens with one attached hydrogen (secondary N) is 2. The number of nitrogens with zero attached hydrogens (tertiary/aromatic N) is 5. The summed E-state index contributed by atoms with van der Waals surface area (Å²) in [4.78, 5) is 67.5. The molecule has 5 N–H and O–H groups in total. The van der Waals surface area contributed by atoms with Gasteiger partial charge in [-0.2, -0.15) is 0 Å². The Balaban J connectivity index is 0.830. The van der Waals surface area contributed by atoms with Gasteiger partial charge >= 0.3 is 6.03 Å². The van der Waals surface area contributed by atoms with Crippen LogP contribution in [0.3, 0.4) is 0 Å². The third-order valence-electron chi connectivity index (χ3n) is 13.9. The summed E-state index contributed by atoms with van der Waals surface area (Å²) >= 11 is 0. The number of fused-ring (bicyclic) bond motifs is 1. The summed E-state index contributed by atoms with van der Waals surface area (Å²) in [5.41, 5.74) is 8.93. The van der Waals surface area contributed by atoms with Crippen LogP contribution in [0.15, 0.2) is 79.1 Å². The van der Waals surface area contributed by atoms with Crippen molar-refractivity contribution in [2.24, 2.45) is 11.1 Å². The van der Waals surface area contributed by atoms with Gasteiger partial charge in [-0.25, -0.2) is 27.9 Å². The van der Waals surface area contributed by atoms with Crippen LogP contribution >= 0.6 is 0 Å². The first kappa shape index (κ1) is 45.3. The number of likely N-dealkylation sites (tertiary alicyclic amines) is 2. The highest BCUT2D eigenvalue weighted by molar-refractivity contribution is 6.06. The van der Waals surface area contributed by atoms with Crippen LogP contribution in [-0.4, -0.2) is 92.9 Å². The molecule has 5 heterocycles. The number of anilines is 1. The number of aliphatic hydroxyl groups is 1. The maximum absolute atomic E-state index is 16.1. The molecule has 3 saturated heterocycles. The number of nitrogens with two attached hydrogens (primary N) is 1. The van der Waals surface area contributed by atoms with Crippen molar-refractivity contribution < 1.29 is 37.5 Å². The van der Waals surface area contributed by atoms with Crippen LogP contribution in [0, 0.1) is 29.8 Å².